The van der Waals surface area contributed by atoms with Crippen molar-refractivity contribution in [3.8, 4) is 0 Å². The molecule has 1 aromatic heterocycles. The lowest BCUT2D eigenvalue weighted by Crippen LogP contribution is -2.36. The molecule has 3 heteroatoms. The Bertz CT molecular complexity index is 355. The van der Waals surface area contributed by atoms with Gasteiger partial charge in [0, 0.05) is 12.6 Å². The fraction of sp³-hybridized carbons (Fsp3) is 0.667. The van der Waals surface area contributed by atoms with E-state index < -0.39 is 6.10 Å². The molecule has 0 spiro atoms. The lowest BCUT2D eigenvalue weighted by Gasteiger charge is -2.35. The van der Waals surface area contributed by atoms with Crippen LogP contribution in [-0.2, 0) is 0 Å². The summed E-state index contributed by atoms with van der Waals surface area (Å²) in [7, 11) is 0. The monoisotopic (exact) mass is 248 g/mol. The second kappa shape index (κ2) is 6.19. The number of aliphatic hydroxyl groups is 1. The van der Waals surface area contributed by atoms with Crippen LogP contribution in [0.5, 0.6) is 0 Å². The molecule has 1 heterocycles. The molecule has 1 atom stereocenters. The Kier molecular flexibility index (Phi) is 4.59. The predicted octanol–water partition coefficient (Wildman–Crippen LogP) is 3.29. The number of rotatable bonds is 4. The molecule has 0 amide bonds. The summed E-state index contributed by atoms with van der Waals surface area (Å²) in [5.74, 6) is 0. The van der Waals surface area contributed by atoms with Crippen molar-refractivity contribution in [1.29, 1.82) is 0 Å². The smallest absolute Gasteiger partial charge is 0.0931 e. The number of aliphatic hydroxyl groups excluding tert-OH is 1. The maximum Gasteiger partial charge on any atom is 0.0931 e. The molecule has 0 radical (unpaired) electrons. The molecular weight excluding hydrogens is 224 g/mol. The summed E-state index contributed by atoms with van der Waals surface area (Å²) in [6.07, 6.45) is 8.09. The van der Waals surface area contributed by atoms with Crippen molar-refractivity contribution < 1.29 is 5.11 Å². The van der Waals surface area contributed by atoms with E-state index in [0.29, 0.717) is 6.04 Å². The predicted molar refractivity (Wildman–Crippen MR) is 74.8 cm³/mol. The normalized spacial score (nSPS) is 18.6. The molecule has 1 N–H and O–H groups in total. The molecule has 1 fully saturated rings. The number of hydrogen-bond donors (Lipinski definition) is 1. The van der Waals surface area contributed by atoms with Gasteiger partial charge < -0.3 is 10.0 Å². The third-order valence-corrected chi connectivity index (χ3v) is 3.89. The topological polar surface area (TPSA) is 36.4 Å². The Balaban J connectivity index is 2.11. The molecule has 1 saturated carbocycles. The van der Waals surface area contributed by atoms with Gasteiger partial charge in [0.25, 0.3) is 0 Å². The van der Waals surface area contributed by atoms with Crippen molar-refractivity contribution >= 4 is 5.69 Å². The van der Waals surface area contributed by atoms with E-state index in [1.54, 1.807) is 6.92 Å². The van der Waals surface area contributed by atoms with E-state index in [1.807, 2.05) is 12.3 Å². The molecule has 1 aliphatic rings. The fourth-order valence-corrected chi connectivity index (χ4v) is 2.86. The first-order valence-corrected chi connectivity index (χ1v) is 7.13. The first-order chi connectivity index (χ1) is 8.72. The number of pyridine rings is 1. The van der Waals surface area contributed by atoms with E-state index in [-0.39, 0.29) is 0 Å². The molecule has 100 valence electrons. The maximum atomic E-state index is 9.48. The molecule has 1 aromatic rings. The molecule has 0 bridgehead atoms. The van der Waals surface area contributed by atoms with Crippen LogP contribution >= 0.6 is 0 Å². The second-order valence-corrected chi connectivity index (χ2v) is 5.20. The molecule has 2 rings (SSSR count). The van der Waals surface area contributed by atoms with Gasteiger partial charge in [0.15, 0.2) is 0 Å². The van der Waals surface area contributed by atoms with Gasteiger partial charge in [-0.3, -0.25) is 4.98 Å². The van der Waals surface area contributed by atoms with Gasteiger partial charge in [-0.25, -0.2) is 0 Å². The first kappa shape index (κ1) is 13.3. The molecule has 18 heavy (non-hydrogen) atoms. The zero-order valence-corrected chi connectivity index (χ0v) is 11.5. The minimum absolute atomic E-state index is 0.483. The lowest BCUT2D eigenvalue weighted by molar-refractivity contribution is 0.194. The zero-order chi connectivity index (χ0) is 13.0. The minimum Gasteiger partial charge on any atom is -0.387 e. The van der Waals surface area contributed by atoms with Crippen molar-refractivity contribution in [3.63, 3.8) is 0 Å². The lowest BCUT2D eigenvalue weighted by atomic mass is 9.94. The Labute approximate surface area is 110 Å². The Morgan fingerprint density at radius 2 is 2.06 bits per heavy atom. The molecule has 3 nitrogen and oxygen atoms in total. The van der Waals surface area contributed by atoms with Gasteiger partial charge in [0.1, 0.15) is 0 Å². The van der Waals surface area contributed by atoms with Gasteiger partial charge in [-0.2, -0.15) is 0 Å². The zero-order valence-electron chi connectivity index (χ0n) is 11.5. The van der Waals surface area contributed by atoms with Crippen LogP contribution in [0.25, 0.3) is 0 Å². The molecule has 0 saturated heterocycles. The van der Waals surface area contributed by atoms with E-state index in [0.717, 1.165) is 12.2 Å². The van der Waals surface area contributed by atoms with Crippen molar-refractivity contribution in [2.45, 2.75) is 58.1 Å². The van der Waals surface area contributed by atoms with Crippen LogP contribution in [0, 0.1) is 0 Å². The largest absolute Gasteiger partial charge is 0.387 e. The highest BCUT2D eigenvalue weighted by molar-refractivity contribution is 5.45. The summed E-state index contributed by atoms with van der Waals surface area (Å²) >= 11 is 0. The van der Waals surface area contributed by atoms with Gasteiger partial charge in [0.2, 0.25) is 0 Å². The van der Waals surface area contributed by atoms with E-state index in [9.17, 15) is 5.11 Å². The van der Waals surface area contributed by atoms with Crippen molar-refractivity contribution in [3.05, 3.63) is 24.0 Å². The molecule has 1 aliphatic carbocycles. The highest BCUT2D eigenvalue weighted by Gasteiger charge is 2.20. The third-order valence-electron chi connectivity index (χ3n) is 3.89. The summed E-state index contributed by atoms with van der Waals surface area (Å²) in [4.78, 5) is 6.81. The minimum atomic E-state index is -0.483. The van der Waals surface area contributed by atoms with Crippen LogP contribution in [0.4, 0.5) is 5.69 Å². The summed E-state index contributed by atoms with van der Waals surface area (Å²) in [6, 6.07) is 4.70. The summed E-state index contributed by atoms with van der Waals surface area (Å²) < 4.78 is 0. The standard InChI is InChI=1S/C15H24N2O/c1-3-17(13-7-5-4-6-8-13)14-9-10-15(12(2)18)16-11-14/h9-13,18H,3-8H2,1-2H3. The molecular formula is C15H24N2O. The van der Waals surface area contributed by atoms with Gasteiger partial charge in [0.05, 0.1) is 23.7 Å². The van der Waals surface area contributed by atoms with Gasteiger partial charge in [-0.1, -0.05) is 19.3 Å². The summed E-state index contributed by atoms with van der Waals surface area (Å²) in [5.41, 5.74) is 1.94. The number of hydrogen-bond acceptors (Lipinski definition) is 3. The van der Waals surface area contributed by atoms with E-state index in [1.165, 1.54) is 37.8 Å². The average Bonchev–Trinajstić information content (AvgIpc) is 2.41. The highest BCUT2D eigenvalue weighted by atomic mass is 16.3. The van der Waals surface area contributed by atoms with Crippen LogP contribution in [0.2, 0.25) is 0 Å². The quantitative estimate of drug-likeness (QED) is 0.888. The number of anilines is 1. The Hall–Kier alpha value is -1.09. The fourth-order valence-electron chi connectivity index (χ4n) is 2.86. The van der Waals surface area contributed by atoms with Crippen LogP contribution in [0.3, 0.4) is 0 Å². The van der Waals surface area contributed by atoms with Gasteiger partial charge in [-0.05, 0) is 38.8 Å². The van der Waals surface area contributed by atoms with Crippen LogP contribution in [0.15, 0.2) is 18.3 Å². The van der Waals surface area contributed by atoms with Gasteiger partial charge in [-0.15, -0.1) is 0 Å². The molecule has 0 aliphatic heterocycles. The second-order valence-electron chi connectivity index (χ2n) is 5.20. The van der Waals surface area contributed by atoms with Crippen molar-refractivity contribution in [1.82, 2.24) is 4.98 Å². The maximum absolute atomic E-state index is 9.48. The first-order valence-electron chi connectivity index (χ1n) is 7.13. The van der Waals surface area contributed by atoms with Crippen LogP contribution < -0.4 is 4.90 Å². The van der Waals surface area contributed by atoms with E-state index in [2.05, 4.69) is 22.9 Å². The van der Waals surface area contributed by atoms with Gasteiger partial charge >= 0.3 is 0 Å². The van der Waals surface area contributed by atoms with Crippen LogP contribution in [-0.4, -0.2) is 22.7 Å². The molecule has 1 unspecified atom stereocenters. The van der Waals surface area contributed by atoms with Crippen molar-refractivity contribution in [2.24, 2.45) is 0 Å². The number of aromatic nitrogens is 1. The Morgan fingerprint density at radius 1 is 1.33 bits per heavy atom. The van der Waals surface area contributed by atoms with E-state index in [4.69, 9.17) is 0 Å². The summed E-state index contributed by atoms with van der Waals surface area (Å²) in [5, 5.41) is 9.48. The average molecular weight is 248 g/mol. The highest BCUT2D eigenvalue weighted by Crippen LogP contribution is 2.27. The number of nitrogens with zero attached hydrogens (tertiary/aromatic N) is 2. The SMILES string of the molecule is CCN(c1ccc(C(C)O)nc1)C1CCCCC1. The molecule has 0 aromatic carbocycles. The Morgan fingerprint density at radius 3 is 2.56 bits per heavy atom. The summed E-state index contributed by atoms with van der Waals surface area (Å²) in [6.45, 7) is 4.98. The third kappa shape index (κ3) is 3.02. The van der Waals surface area contributed by atoms with E-state index >= 15 is 0 Å². The van der Waals surface area contributed by atoms with Crippen molar-refractivity contribution in [2.75, 3.05) is 11.4 Å². The van der Waals surface area contributed by atoms with Crippen LogP contribution in [0.1, 0.15) is 57.7 Å².